The van der Waals surface area contributed by atoms with Gasteiger partial charge in [-0.1, -0.05) is 0 Å². The van der Waals surface area contributed by atoms with Crippen LogP contribution in [0.25, 0.3) is 0 Å². The van der Waals surface area contributed by atoms with Gasteiger partial charge in [0.25, 0.3) is 0 Å². The Morgan fingerprint density at radius 2 is 2.12 bits per heavy atom. The number of carbonyl (C=O) groups excluding carboxylic acids is 1. The van der Waals surface area contributed by atoms with Crippen LogP contribution in [0.2, 0.25) is 0 Å². The summed E-state index contributed by atoms with van der Waals surface area (Å²) >= 11 is 0. The summed E-state index contributed by atoms with van der Waals surface area (Å²) < 4.78 is 0. The Morgan fingerprint density at radius 1 is 1.50 bits per heavy atom. The highest BCUT2D eigenvalue weighted by atomic mass is 16.3. The predicted octanol–water partition coefficient (Wildman–Crippen LogP) is -1.70. The molecule has 0 aliphatic rings. The molecular formula is C4H8NO3. The minimum absolute atomic E-state index is 0.139. The van der Waals surface area contributed by atoms with Gasteiger partial charge in [0.05, 0.1) is 6.61 Å². The lowest BCUT2D eigenvalue weighted by Crippen LogP contribution is -2.25. The third-order valence-electron chi connectivity index (χ3n) is 0.670. The summed E-state index contributed by atoms with van der Waals surface area (Å²) in [5.74, 6) is 0. The Balaban J connectivity index is 3.21. The topological polar surface area (TPSA) is 60.8 Å². The highest BCUT2D eigenvalue weighted by Gasteiger charge is 1.95. The molecule has 1 radical (unpaired) electrons. The van der Waals surface area contributed by atoms with E-state index in [1.54, 1.807) is 0 Å². The molecule has 0 unspecified atom stereocenters. The Kier molecular flexibility index (Phi) is 4.20. The third kappa shape index (κ3) is 2.54. The summed E-state index contributed by atoms with van der Waals surface area (Å²) in [7, 11) is 0. The maximum atomic E-state index is 9.66. The zero-order valence-electron chi connectivity index (χ0n) is 4.37. The number of aliphatic hydroxyl groups excluding tert-OH is 2. The van der Waals surface area contributed by atoms with Crippen molar-refractivity contribution in [3.05, 3.63) is 0 Å². The number of rotatable bonds is 4. The van der Waals surface area contributed by atoms with Crippen LogP contribution in [0.1, 0.15) is 0 Å². The van der Waals surface area contributed by atoms with Crippen molar-refractivity contribution >= 4 is 6.41 Å². The molecule has 0 fully saturated rings. The fraction of sp³-hybridized carbons (Fsp3) is 0.750. The Bertz CT molecular complexity index is 66.3. The summed E-state index contributed by atoms with van der Waals surface area (Å²) in [5.41, 5.74) is 0. The van der Waals surface area contributed by atoms with Crippen molar-refractivity contribution < 1.29 is 15.0 Å². The largest absolute Gasteiger partial charge is 0.395 e. The molecule has 0 atom stereocenters. The van der Waals surface area contributed by atoms with E-state index < -0.39 is 0 Å². The zero-order valence-corrected chi connectivity index (χ0v) is 4.37. The standard InChI is InChI=1S/C4H8NO3/c6-2-1-5(3-7)4-8/h6-7H,1-3H2. The highest BCUT2D eigenvalue weighted by Crippen LogP contribution is 1.74. The Hall–Kier alpha value is -0.610. The summed E-state index contributed by atoms with van der Waals surface area (Å²) in [6.07, 6.45) is 1.43. The molecule has 8 heavy (non-hydrogen) atoms. The van der Waals surface area contributed by atoms with Crippen LogP contribution >= 0.6 is 0 Å². The van der Waals surface area contributed by atoms with Gasteiger partial charge in [0.1, 0.15) is 6.73 Å². The molecule has 0 heterocycles. The first kappa shape index (κ1) is 7.39. The van der Waals surface area contributed by atoms with E-state index in [-0.39, 0.29) is 19.9 Å². The molecule has 0 aromatic rings. The van der Waals surface area contributed by atoms with Gasteiger partial charge in [-0.05, 0) is 0 Å². The van der Waals surface area contributed by atoms with Gasteiger partial charge in [0.15, 0.2) is 0 Å². The summed E-state index contributed by atoms with van der Waals surface area (Å²) in [6, 6.07) is 0. The molecule has 1 amide bonds. The van der Waals surface area contributed by atoms with Gasteiger partial charge in [-0.3, -0.25) is 4.79 Å². The van der Waals surface area contributed by atoms with Crippen LogP contribution in [0.5, 0.6) is 0 Å². The number of hydrogen-bond donors (Lipinski definition) is 2. The first-order valence-electron chi connectivity index (χ1n) is 2.19. The molecule has 0 saturated heterocycles. The van der Waals surface area contributed by atoms with Crippen LogP contribution in [0.15, 0.2) is 0 Å². The van der Waals surface area contributed by atoms with E-state index in [0.29, 0.717) is 0 Å². The first-order chi connectivity index (χ1) is 3.85. The molecule has 0 aromatic heterocycles. The summed E-state index contributed by atoms with van der Waals surface area (Å²) in [6.45, 7) is -0.389. The van der Waals surface area contributed by atoms with E-state index in [4.69, 9.17) is 10.2 Å². The SMILES string of the molecule is O=[C]N(CO)CCO. The van der Waals surface area contributed by atoms with Gasteiger partial charge < -0.3 is 15.1 Å². The van der Waals surface area contributed by atoms with Gasteiger partial charge in [-0.2, -0.15) is 0 Å². The minimum atomic E-state index is -0.385. The fourth-order valence-corrected chi connectivity index (χ4v) is 0.266. The molecule has 0 spiro atoms. The van der Waals surface area contributed by atoms with Crippen molar-refractivity contribution in [3.8, 4) is 0 Å². The third-order valence-corrected chi connectivity index (χ3v) is 0.670. The maximum absolute atomic E-state index is 9.66. The van der Waals surface area contributed by atoms with E-state index in [9.17, 15) is 4.79 Å². The average molecular weight is 118 g/mol. The molecule has 0 bridgehead atoms. The van der Waals surface area contributed by atoms with Crippen LogP contribution in [0, 0.1) is 0 Å². The summed E-state index contributed by atoms with van der Waals surface area (Å²) in [4.78, 5) is 10.6. The van der Waals surface area contributed by atoms with Crippen molar-refractivity contribution in [1.29, 1.82) is 0 Å². The van der Waals surface area contributed by atoms with Crippen molar-refractivity contribution in [2.45, 2.75) is 0 Å². The smallest absolute Gasteiger partial charge is 0.314 e. The van der Waals surface area contributed by atoms with Crippen LogP contribution in [0.4, 0.5) is 0 Å². The van der Waals surface area contributed by atoms with Crippen molar-refractivity contribution in [2.75, 3.05) is 19.9 Å². The molecule has 0 rings (SSSR count). The molecule has 0 aliphatic heterocycles. The first-order valence-corrected chi connectivity index (χ1v) is 2.19. The molecule has 47 valence electrons. The Morgan fingerprint density at radius 3 is 2.25 bits per heavy atom. The molecule has 0 aromatic carbocycles. The second-order valence-electron chi connectivity index (χ2n) is 1.22. The van der Waals surface area contributed by atoms with Gasteiger partial charge in [0.2, 0.25) is 0 Å². The second-order valence-corrected chi connectivity index (χ2v) is 1.22. The lowest BCUT2D eigenvalue weighted by atomic mass is 10.6. The van der Waals surface area contributed by atoms with E-state index in [1.165, 1.54) is 6.41 Å². The quantitative estimate of drug-likeness (QED) is 0.341. The minimum Gasteiger partial charge on any atom is -0.395 e. The zero-order chi connectivity index (χ0) is 6.41. The van der Waals surface area contributed by atoms with Gasteiger partial charge in [-0.25, -0.2) is 0 Å². The number of nitrogens with zero attached hydrogens (tertiary/aromatic N) is 1. The molecule has 2 N–H and O–H groups in total. The van der Waals surface area contributed by atoms with Gasteiger partial charge in [0, 0.05) is 6.54 Å². The van der Waals surface area contributed by atoms with E-state index >= 15 is 0 Å². The fourth-order valence-electron chi connectivity index (χ4n) is 0.266. The Labute approximate surface area is 47.3 Å². The monoisotopic (exact) mass is 118 g/mol. The number of amides is 1. The highest BCUT2D eigenvalue weighted by molar-refractivity contribution is 5.47. The summed E-state index contributed by atoms with van der Waals surface area (Å²) in [5, 5.41) is 16.4. The van der Waals surface area contributed by atoms with Crippen LogP contribution in [-0.2, 0) is 4.79 Å². The molecule has 0 aliphatic carbocycles. The predicted molar refractivity (Wildman–Crippen MR) is 26.6 cm³/mol. The van der Waals surface area contributed by atoms with E-state index in [2.05, 4.69) is 0 Å². The lowest BCUT2D eigenvalue weighted by molar-refractivity contribution is 0.141. The van der Waals surface area contributed by atoms with Crippen molar-refractivity contribution in [1.82, 2.24) is 4.90 Å². The van der Waals surface area contributed by atoms with Gasteiger partial charge >= 0.3 is 6.41 Å². The van der Waals surface area contributed by atoms with Gasteiger partial charge in [-0.15, -0.1) is 0 Å². The molecule has 4 nitrogen and oxygen atoms in total. The number of hydrogen-bond acceptors (Lipinski definition) is 3. The van der Waals surface area contributed by atoms with Crippen LogP contribution in [0.3, 0.4) is 0 Å². The molecule has 0 saturated carbocycles. The van der Waals surface area contributed by atoms with Crippen molar-refractivity contribution in [2.24, 2.45) is 0 Å². The van der Waals surface area contributed by atoms with Crippen LogP contribution < -0.4 is 0 Å². The average Bonchev–Trinajstić information content (AvgIpc) is 1.83. The molecular weight excluding hydrogens is 110 g/mol. The molecule has 4 heteroatoms. The normalized spacial score (nSPS) is 8.75. The lowest BCUT2D eigenvalue weighted by Gasteiger charge is -2.08. The number of aliphatic hydroxyl groups is 2. The van der Waals surface area contributed by atoms with E-state index in [0.717, 1.165) is 4.90 Å². The second kappa shape index (κ2) is 4.55. The van der Waals surface area contributed by atoms with E-state index in [1.807, 2.05) is 0 Å². The van der Waals surface area contributed by atoms with Crippen molar-refractivity contribution in [3.63, 3.8) is 0 Å². The maximum Gasteiger partial charge on any atom is 0.314 e. The van der Waals surface area contributed by atoms with Crippen LogP contribution in [-0.4, -0.2) is 41.4 Å².